The van der Waals surface area contributed by atoms with Gasteiger partial charge >= 0.3 is 0 Å². The zero-order valence-corrected chi connectivity index (χ0v) is 10.2. The molecule has 0 amide bonds. The molecule has 4 atom stereocenters. The maximum atomic E-state index is 5.95. The molecular formula is C14H18ClN. The average molecular weight is 236 g/mol. The monoisotopic (exact) mass is 235 g/mol. The van der Waals surface area contributed by atoms with E-state index in [4.69, 9.17) is 17.3 Å². The van der Waals surface area contributed by atoms with Gasteiger partial charge < -0.3 is 5.73 Å². The van der Waals surface area contributed by atoms with Gasteiger partial charge in [0.05, 0.1) is 0 Å². The van der Waals surface area contributed by atoms with Gasteiger partial charge in [-0.05, 0) is 67.2 Å². The standard InChI is InChI=1S/C14H18ClN/c15-12-5-3-9(4-6-12)14-11-2-1-10(7-11)13(14)8-16/h3-6,10-11,13-14H,1-2,7-8,16H2/t10-,11+,13+,14+/m1/s1. The molecule has 0 radical (unpaired) electrons. The molecule has 0 saturated heterocycles. The lowest BCUT2D eigenvalue weighted by Crippen LogP contribution is -2.27. The smallest absolute Gasteiger partial charge is 0.0406 e. The van der Waals surface area contributed by atoms with E-state index in [0.717, 1.165) is 23.4 Å². The Morgan fingerprint density at radius 2 is 1.81 bits per heavy atom. The summed E-state index contributed by atoms with van der Waals surface area (Å²) in [4.78, 5) is 0. The lowest BCUT2D eigenvalue weighted by atomic mass is 9.75. The Balaban J connectivity index is 1.91. The Bertz CT molecular complexity index is 373. The molecule has 2 aliphatic rings. The van der Waals surface area contributed by atoms with Crippen LogP contribution in [0, 0.1) is 17.8 Å². The van der Waals surface area contributed by atoms with E-state index < -0.39 is 0 Å². The molecule has 2 heteroatoms. The lowest BCUT2D eigenvalue weighted by molar-refractivity contribution is 0.295. The van der Waals surface area contributed by atoms with Crippen molar-refractivity contribution in [2.45, 2.75) is 25.2 Å². The van der Waals surface area contributed by atoms with Crippen LogP contribution >= 0.6 is 11.6 Å². The average Bonchev–Trinajstić information content (AvgIpc) is 2.89. The third-order valence-electron chi connectivity index (χ3n) is 4.62. The molecule has 1 nitrogen and oxygen atoms in total. The van der Waals surface area contributed by atoms with E-state index in [1.54, 1.807) is 0 Å². The number of rotatable bonds is 2. The highest BCUT2D eigenvalue weighted by atomic mass is 35.5. The summed E-state index contributed by atoms with van der Waals surface area (Å²) < 4.78 is 0. The Labute approximate surface area is 102 Å². The van der Waals surface area contributed by atoms with Crippen LogP contribution in [0.5, 0.6) is 0 Å². The maximum Gasteiger partial charge on any atom is 0.0406 e. The summed E-state index contributed by atoms with van der Waals surface area (Å²) in [6.45, 7) is 0.842. The summed E-state index contributed by atoms with van der Waals surface area (Å²) in [5.41, 5.74) is 7.40. The number of halogens is 1. The zero-order chi connectivity index (χ0) is 11.1. The van der Waals surface area contributed by atoms with E-state index in [-0.39, 0.29) is 0 Å². The van der Waals surface area contributed by atoms with Crippen LogP contribution in [0.25, 0.3) is 0 Å². The van der Waals surface area contributed by atoms with Crippen LogP contribution < -0.4 is 5.73 Å². The number of hydrogen-bond donors (Lipinski definition) is 1. The minimum atomic E-state index is 0.695. The highest BCUT2D eigenvalue weighted by Crippen LogP contribution is 2.56. The lowest BCUT2D eigenvalue weighted by Gasteiger charge is -2.30. The van der Waals surface area contributed by atoms with Gasteiger partial charge in [0.15, 0.2) is 0 Å². The summed E-state index contributed by atoms with van der Waals surface area (Å²) in [5, 5.41) is 0.830. The number of fused-ring (bicyclic) bond motifs is 2. The first-order valence-corrected chi connectivity index (χ1v) is 6.63. The molecule has 86 valence electrons. The highest BCUT2D eigenvalue weighted by Gasteiger charge is 2.47. The van der Waals surface area contributed by atoms with Crippen LogP contribution in [0.4, 0.5) is 0 Å². The molecule has 0 aliphatic heterocycles. The molecule has 16 heavy (non-hydrogen) atoms. The van der Waals surface area contributed by atoms with Crippen molar-refractivity contribution in [1.82, 2.24) is 0 Å². The van der Waals surface area contributed by atoms with Crippen molar-refractivity contribution >= 4 is 11.6 Å². The fraction of sp³-hybridized carbons (Fsp3) is 0.571. The van der Waals surface area contributed by atoms with E-state index in [2.05, 4.69) is 12.1 Å². The molecule has 1 aromatic carbocycles. The van der Waals surface area contributed by atoms with Gasteiger partial charge in [-0.15, -0.1) is 0 Å². The molecule has 2 saturated carbocycles. The van der Waals surface area contributed by atoms with Gasteiger partial charge in [-0.2, -0.15) is 0 Å². The summed E-state index contributed by atoms with van der Waals surface area (Å²) >= 11 is 5.94. The first-order chi connectivity index (χ1) is 7.79. The molecule has 3 rings (SSSR count). The quantitative estimate of drug-likeness (QED) is 0.835. The Kier molecular flexibility index (Phi) is 2.68. The van der Waals surface area contributed by atoms with Crippen LogP contribution in [-0.2, 0) is 0 Å². The molecule has 0 heterocycles. The van der Waals surface area contributed by atoms with Crippen molar-refractivity contribution in [3.05, 3.63) is 34.9 Å². The molecule has 0 spiro atoms. The summed E-state index contributed by atoms with van der Waals surface area (Å²) in [6.07, 6.45) is 4.19. The molecule has 1 aromatic rings. The van der Waals surface area contributed by atoms with Crippen LogP contribution in [0.3, 0.4) is 0 Å². The molecule has 2 N–H and O–H groups in total. The van der Waals surface area contributed by atoms with Gasteiger partial charge in [0, 0.05) is 5.02 Å². The van der Waals surface area contributed by atoms with E-state index in [0.29, 0.717) is 11.8 Å². The zero-order valence-electron chi connectivity index (χ0n) is 9.40. The van der Waals surface area contributed by atoms with Gasteiger partial charge in [0.25, 0.3) is 0 Å². The molecule has 0 aromatic heterocycles. The van der Waals surface area contributed by atoms with Crippen molar-refractivity contribution in [3.63, 3.8) is 0 Å². The summed E-state index contributed by atoms with van der Waals surface area (Å²) in [6, 6.07) is 8.40. The van der Waals surface area contributed by atoms with Gasteiger partial charge in [0.1, 0.15) is 0 Å². The predicted molar refractivity (Wildman–Crippen MR) is 67.6 cm³/mol. The normalized spacial score (nSPS) is 36.9. The molecule has 2 fully saturated rings. The number of hydrogen-bond acceptors (Lipinski definition) is 1. The van der Waals surface area contributed by atoms with Crippen molar-refractivity contribution in [2.75, 3.05) is 6.54 Å². The van der Waals surface area contributed by atoms with E-state index in [1.165, 1.54) is 24.8 Å². The second kappa shape index (κ2) is 4.05. The van der Waals surface area contributed by atoms with Crippen molar-refractivity contribution in [2.24, 2.45) is 23.5 Å². The predicted octanol–water partition coefficient (Wildman–Crippen LogP) is 3.43. The second-order valence-electron chi connectivity index (χ2n) is 5.31. The fourth-order valence-electron chi connectivity index (χ4n) is 3.95. The van der Waals surface area contributed by atoms with Crippen LogP contribution in [0.1, 0.15) is 30.7 Å². The van der Waals surface area contributed by atoms with Gasteiger partial charge in [-0.25, -0.2) is 0 Å². The Hall–Kier alpha value is -0.530. The van der Waals surface area contributed by atoms with Crippen LogP contribution in [0.15, 0.2) is 24.3 Å². The Morgan fingerprint density at radius 3 is 2.50 bits per heavy atom. The third-order valence-corrected chi connectivity index (χ3v) is 4.87. The van der Waals surface area contributed by atoms with Crippen molar-refractivity contribution < 1.29 is 0 Å². The van der Waals surface area contributed by atoms with E-state index in [1.807, 2.05) is 12.1 Å². The van der Waals surface area contributed by atoms with E-state index in [9.17, 15) is 0 Å². The number of nitrogens with two attached hydrogens (primary N) is 1. The fourth-order valence-corrected chi connectivity index (χ4v) is 4.08. The number of benzene rings is 1. The van der Waals surface area contributed by atoms with Crippen molar-refractivity contribution in [3.8, 4) is 0 Å². The molecule has 0 unspecified atom stereocenters. The van der Waals surface area contributed by atoms with Crippen LogP contribution in [0.2, 0.25) is 5.02 Å². The highest BCUT2D eigenvalue weighted by molar-refractivity contribution is 6.30. The van der Waals surface area contributed by atoms with E-state index >= 15 is 0 Å². The van der Waals surface area contributed by atoms with Crippen molar-refractivity contribution in [1.29, 1.82) is 0 Å². The minimum absolute atomic E-state index is 0.695. The summed E-state index contributed by atoms with van der Waals surface area (Å²) in [5.74, 6) is 3.16. The second-order valence-corrected chi connectivity index (χ2v) is 5.75. The Morgan fingerprint density at radius 1 is 1.12 bits per heavy atom. The SMILES string of the molecule is NC[C@H]1[C@@H]2CC[C@@H](C2)[C@@H]1c1ccc(Cl)cc1. The molecule has 2 bridgehead atoms. The molecular weight excluding hydrogens is 218 g/mol. The summed E-state index contributed by atoms with van der Waals surface area (Å²) in [7, 11) is 0. The largest absolute Gasteiger partial charge is 0.330 e. The third kappa shape index (κ3) is 1.57. The minimum Gasteiger partial charge on any atom is -0.330 e. The van der Waals surface area contributed by atoms with Gasteiger partial charge in [0.2, 0.25) is 0 Å². The van der Waals surface area contributed by atoms with Gasteiger partial charge in [-0.3, -0.25) is 0 Å². The first kappa shape index (κ1) is 10.6. The topological polar surface area (TPSA) is 26.0 Å². The van der Waals surface area contributed by atoms with Crippen LogP contribution in [-0.4, -0.2) is 6.54 Å². The maximum absolute atomic E-state index is 5.95. The van der Waals surface area contributed by atoms with Gasteiger partial charge in [-0.1, -0.05) is 23.7 Å². The first-order valence-electron chi connectivity index (χ1n) is 6.25. The molecule has 2 aliphatic carbocycles.